The number of halogens is 1. The Kier molecular flexibility index (Phi) is 6.64. The summed E-state index contributed by atoms with van der Waals surface area (Å²) < 4.78 is 14.8. The van der Waals surface area contributed by atoms with E-state index in [4.69, 9.17) is 5.73 Å². The molecule has 0 aliphatic heterocycles. The average Bonchev–Trinajstić information content (AvgIpc) is 2.70. The molecule has 1 fully saturated rings. The molecular weight excluding hydrogens is 387 g/mol. The first-order valence-electron chi connectivity index (χ1n) is 10.3. The molecule has 2 aromatic rings. The van der Waals surface area contributed by atoms with Crippen LogP contribution in [0.4, 0.5) is 4.39 Å². The fourth-order valence-corrected chi connectivity index (χ4v) is 3.99. The maximum Gasteiger partial charge on any atom is 0.272 e. The quantitative estimate of drug-likeness (QED) is 0.758. The Hall–Kier alpha value is -3.03. The van der Waals surface area contributed by atoms with Gasteiger partial charge in [0.1, 0.15) is 22.9 Å². The van der Waals surface area contributed by atoms with Crippen LogP contribution in [0.5, 0.6) is 0 Å². The van der Waals surface area contributed by atoms with Crippen molar-refractivity contribution < 1.29 is 14.0 Å². The highest BCUT2D eigenvalue weighted by atomic mass is 19.1. The van der Waals surface area contributed by atoms with Crippen LogP contribution < -0.4 is 16.6 Å². The van der Waals surface area contributed by atoms with Crippen molar-refractivity contribution in [2.75, 3.05) is 0 Å². The second-order valence-corrected chi connectivity index (χ2v) is 7.90. The van der Waals surface area contributed by atoms with Gasteiger partial charge in [-0.15, -0.1) is 0 Å². The minimum absolute atomic E-state index is 0.0172. The van der Waals surface area contributed by atoms with Gasteiger partial charge in [0.2, 0.25) is 5.91 Å². The van der Waals surface area contributed by atoms with Crippen molar-refractivity contribution in [2.24, 2.45) is 5.73 Å². The van der Waals surface area contributed by atoms with Crippen molar-refractivity contribution in [1.29, 1.82) is 0 Å². The standard InChI is InChI=1S/C22H27FN4O3/c1-13(12-18(24)28)27-20(21(29)26-17-6-4-3-5-7-17)19(25-14(2)22(27)30)15-8-10-16(23)11-9-15/h8-11,13,17H,3-7,12H2,1-2H3,(H2,24,28)(H,26,29). The number of rotatable bonds is 6. The number of nitrogens with one attached hydrogen (secondary N) is 1. The predicted octanol–water partition coefficient (Wildman–Crippen LogP) is 2.86. The van der Waals surface area contributed by atoms with Gasteiger partial charge in [-0.05, 0) is 51.0 Å². The first kappa shape index (κ1) is 21.7. The van der Waals surface area contributed by atoms with Crippen molar-refractivity contribution in [3.8, 4) is 11.3 Å². The lowest BCUT2D eigenvalue weighted by atomic mass is 9.95. The zero-order valence-corrected chi connectivity index (χ0v) is 17.3. The molecule has 1 aromatic carbocycles. The molecule has 2 amide bonds. The number of hydrogen-bond acceptors (Lipinski definition) is 4. The van der Waals surface area contributed by atoms with Crippen LogP contribution in [0.3, 0.4) is 0 Å². The molecule has 7 nitrogen and oxygen atoms in total. The first-order valence-corrected chi connectivity index (χ1v) is 10.3. The monoisotopic (exact) mass is 414 g/mol. The summed E-state index contributed by atoms with van der Waals surface area (Å²) >= 11 is 0. The number of carbonyl (C=O) groups excluding carboxylic acids is 2. The summed E-state index contributed by atoms with van der Waals surface area (Å²) in [7, 11) is 0. The van der Waals surface area contributed by atoms with Gasteiger partial charge < -0.3 is 11.1 Å². The molecular formula is C22H27FN4O3. The Bertz CT molecular complexity index is 995. The summed E-state index contributed by atoms with van der Waals surface area (Å²) in [6, 6.07) is 4.96. The van der Waals surface area contributed by atoms with Crippen LogP contribution in [-0.4, -0.2) is 27.4 Å². The van der Waals surface area contributed by atoms with E-state index >= 15 is 0 Å². The van der Waals surface area contributed by atoms with Gasteiger partial charge in [0.05, 0.1) is 0 Å². The maximum atomic E-state index is 13.5. The second-order valence-electron chi connectivity index (χ2n) is 7.90. The zero-order valence-electron chi connectivity index (χ0n) is 17.3. The zero-order chi connectivity index (χ0) is 21.8. The number of carbonyl (C=O) groups is 2. The molecule has 160 valence electrons. The van der Waals surface area contributed by atoms with E-state index in [1.807, 2.05) is 0 Å². The van der Waals surface area contributed by atoms with Gasteiger partial charge in [-0.1, -0.05) is 19.3 Å². The number of primary amides is 1. The third-order valence-corrected chi connectivity index (χ3v) is 5.48. The number of nitrogens with two attached hydrogens (primary N) is 1. The summed E-state index contributed by atoms with van der Waals surface area (Å²) in [5.41, 5.74) is 5.92. The predicted molar refractivity (Wildman–Crippen MR) is 111 cm³/mol. The van der Waals surface area contributed by atoms with Crippen molar-refractivity contribution >= 4 is 11.8 Å². The molecule has 0 spiro atoms. The largest absolute Gasteiger partial charge is 0.370 e. The second kappa shape index (κ2) is 9.19. The fraction of sp³-hybridized carbons (Fsp3) is 0.455. The molecule has 30 heavy (non-hydrogen) atoms. The summed E-state index contributed by atoms with van der Waals surface area (Å²) in [6.45, 7) is 3.21. The van der Waals surface area contributed by atoms with E-state index in [9.17, 15) is 18.8 Å². The maximum absolute atomic E-state index is 13.5. The van der Waals surface area contributed by atoms with Crippen molar-refractivity contribution in [3.05, 3.63) is 51.8 Å². The van der Waals surface area contributed by atoms with Gasteiger partial charge >= 0.3 is 0 Å². The lowest BCUT2D eigenvalue weighted by Gasteiger charge is -2.26. The summed E-state index contributed by atoms with van der Waals surface area (Å²) in [5, 5.41) is 3.02. The van der Waals surface area contributed by atoms with Gasteiger partial charge in [-0.25, -0.2) is 9.37 Å². The minimum Gasteiger partial charge on any atom is -0.370 e. The SMILES string of the molecule is Cc1nc(-c2ccc(F)cc2)c(C(=O)NC2CCCCC2)n(C(C)CC(N)=O)c1=O. The molecule has 1 aromatic heterocycles. The molecule has 0 saturated heterocycles. The van der Waals surface area contributed by atoms with Crippen LogP contribution in [0.2, 0.25) is 0 Å². The highest BCUT2D eigenvalue weighted by Gasteiger charge is 2.27. The average molecular weight is 414 g/mol. The molecule has 1 atom stereocenters. The lowest BCUT2D eigenvalue weighted by molar-refractivity contribution is -0.118. The summed E-state index contributed by atoms with van der Waals surface area (Å²) in [5.74, 6) is -1.42. The van der Waals surface area contributed by atoms with Gasteiger partial charge in [0, 0.05) is 24.1 Å². The van der Waals surface area contributed by atoms with E-state index in [1.165, 1.54) is 28.8 Å². The van der Waals surface area contributed by atoms with Crippen LogP contribution >= 0.6 is 0 Å². The normalized spacial score (nSPS) is 15.6. The molecule has 1 unspecified atom stereocenters. The Balaban J connectivity index is 2.16. The molecule has 0 bridgehead atoms. The highest BCUT2D eigenvalue weighted by molar-refractivity contribution is 5.98. The van der Waals surface area contributed by atoms with Gasteiger partial charge in [0.15, 0.2) is 0 Å². The van der Waals surface area contributed by atoms with Gasteiger partial charge in [0.25, 0.3) is 11.5 Å². The molecule has 0 radical (unpaired) electrons. The first-order chi connectivity index (χ1) is 14.3. The van der Waals surface area contributed by atoms with Crippen LogP contribution in [0.25, 0.3) is 11.3 Å². The van der Waals surface area contributed by atoms with Crippen molar-refractivity contribution in [2.45, 2.75) is 64.5 Å². The van der Waals surface area contributed by atoms with Crippen LogP contribution in [0.15, 0.2) is 29.1 Å². The fourth-order valence-electron chi connectivity index (χ4n) is 3.99. The number of aryl methyl sites for hydroxylation is 1. The third kappa shape index (κ3) is 4.75. The number of aromatic nitrogens is 2. The Morgan fingerprint density at radius 3 is 2.47 bits per heavy atom. The Morgan fingerprint density at radius 1 is 1.23 bits per heavy atom. The molecule has 3 rings (SSSR count). The van der Waals surface area contributed by atoms with Gasteiger partial charge in [-0.3, -0.25) is 19.0 Å². The smallest absolute Gasteiger partial charge is 0.272 e. The minimum atomic E-state index is -0.636. The summed E-state index contributed by atoms with van der Waals surface area (Å²) in [4.78, 5) is 42.2. The number of hydrogen-bond donors (Lipinski definition) is 2. The number of benzene rings is 1. The van der Waals surface area contributed by atoms with E-state index in [0.29, 0.717) is 5.56 Å². The Morgan fingerprint density at radius 2 is 1.87 bits per heavy atom. The van der Waals surface area contributed by atoms with Crippen molar-refractivity contribution in [3.63, 3.8) is 0 Å². The molecule has 1 aliphatic carbocycles. The number of amides is 2. The Labute approximate surface area is 174 Å². The molecule has 1 heterocycles. The molecule has 1 aliphatic rings. The lowest BCUT2D eigenvalue weighted by Crippen LogP contribution is -2.41. The summed E-state index contributed by atoms with van der Waals surface area (Å²) in [6.07, 6.45) is 4.85. The van der Waals surface area contributed by atoms with E-state index in [-0.39, 0.29) is 29.5 Å². The topological polar surface area (TPSA) is 107 Å². The van der Waals surface area contributed by atoms with Crippen molar-refractivity contribution in [1.82, 2.24) is 14.9 Å². The third-order valence-electron chi connectivity index (χ3n) is 5.48. The molecule has 1 saturated carbocycles. The van der Waals surface area contributed by atoms with Crippen LogP contribution in [0, 0.1) is 12.7 Å². The molecule has 8 heteroatoms. The van der Waals surface area contributed by atoms with E-state index in [1.54, 1.807) is 13.8 Å². The molecule has 3 N–H and O–H groups in total. The van der Waals surface area contributed by atoms with E-state index < -0.39 is 29.2 Å². The highest BCUT2D eigenvalue weighted by Crippen LogP contribution is 2.25. The van der Waals surface area contributed by atoms with E-state index in [2.05, 4.69) is 10.3 Å². The van der Waals surface area contributed by atoms with Crippen LogP contribution in [-0.2, 0) is 4.79 Å². The van der Waals surface area contributed by atoms with Crippen LogP contribution in [0.1, 0.15) is 67.7 Å². The van der Waals surface area contributed by atoms with E-state index in [0.717, 1.165) is 32.1 Å². The van der Waals surface area contributed by atoms with Gasteiger partial charge in [-0.2, -0.15) is 0 Å². The number of nitrogens with zero attached hydrogens (tertiary/aromatic N) is 2.